The lowest BCUT2D eigenvalue weighted by molar-refractivity contribution is 0.0533. The molecule has 0 atom stereocenters. The summed E-state index contributed by atoms with van der Waals surface area (Å²) in [4.78, 5) is 17.6. The highest BCUT2D eigenvalue weighted by Crippen LogP contribution is 2.40. The minimum Gasteiger partial charge on any atom is -0.462 e. The Bertz CT molecular complexity index is 594. The Labute approximate surface area is 102 Å². The molecule has 3 heterocycles. The van der Waals surface area contributed by atoms with Crippen molar-refractivity contribution in [3.05, 3.63) is 17.1 Å². The number of ether oxygens (including phenoxy) is 1. The van der Waals surface area contributed by atoms with E-state index in [9.17, 15) is 4.79 Å². The maximum atomic E-state index is 11.8. The maximum Gasteiger partial charge on any atom is 0.350 e. The van der Waals surface area contributed by atoms with Gasteiger partial charge in [0.05, 0.1) is 24.3 Å². The van der Waals surface area contributed by atoms with E-state index in [1.54, 1.807) is 13.1 Å². The van der Waals surface area contributed by atoms with Crippen molar-refractivity contribution in [2.45, 2.75) is 6.92 Å². The Morgan fingerprint density at radius 2 is 2.47 bits per heavy atom. The van der Waals surface area contributed by atoms with Crippen molar-refractivity contribution in [3.63, 3.8) is 0 Å². The molecule has 5 nitrogen and oxygen atoms in total. The monoisotopic (exact) mass is 249 g/mol. The summed E-state index contributed by atoms with van der Waals surface area (Å²) in [6.45, 7) is 2.79. The Balaban J connectivity index is 2.21. The van der Waals surface area contributed by atoms with Gasteiger partial charge in [0, 0.05) is 11.9 Å². The number of thiophene rings is 1. The molecule has 0 amide bonds. The van der Waals surface area contributed by atoms with E-state index in [1.165, 1.54) is 11.3 Å². The van der Waals surface area contributed by atoms with Crippen LogP contribution >= 0.6 is 11.3 Å². The third-order valence-corrected chi connectivity index (χ3v) is 3.67. The first-order valence-electron chi connectivity index (χ1n) is 5.37. The lowest BCUT2D eigenvalue weighted by atomic mass is 10.2. The van der Waals surface area contributed by atoms with Gasteiger partial charge in [0.15, 0.2) is 0 Å². The molecule has 0 spiro atoms. The van der Waals surface area contributed by atoms with E-state index in [0.29, 0.717) is 18.2 Å². The molecule has 2 aromatic rings. The number of nitrogens with zero attached hydrogens (tertiary/aromatic N) is 1. The van der Waals surface area contributed by atoms with E-state index in [0.717, 1.165) is 21.6 Å². The smallest absolute Gasteiger partial charge is 0.350 e. The predicted octanol–water partition coefficient (Wildman–Crippen LogP) is 2.27. The van der Waals surface area contributed by atoms with Gasteiger partial charge >= 0.3 is 5.97 Å². The largest absolute Gasteiger partial charge is 0.462 e. The molecule has 0 bridgehead atoms. The highest BCUT2D eigenvalue weighted by molar-refractivity contribution is 7.21. The van der Waals surface area contributed by atoms with E-state index >= 15 is 0 Å². The van der Waals surface area contributed by atoms with Gasteiger partial charge in [0.1, 0.15) is 9.71 Å². The first-order chi connectivity index (χ1) is 8.31. The van der Waals surface area contributed by atoms with Crippen LogP contribution in [-0.4, -0.2) is 24.2 Å². The number of nitrogens with one attached hydrogen (secondary N) is 2. The fraction of sp³-hybridized carbons (Fsp3) is 0.273. The third kappa shape index (κ3) is 1.52. The molecule has 17 heavy (non-hydrogen) atoms. The molecule has 0 saturated carbocycles. The van der Waals surface area contributed by atoms with Gasteiger partial charge in [-0.25, -0.2) is 9.78 Å². The summed E-state index contributed by atoms with van der Waals surface area (Å²) in [6, 6.07) is 1.91. The Morgan fingerprint density at radius 3 is 3.29 bits per heavy atom. The highest BCUT2D eigenvalue weighted by atomic mass is 32.1. The van der Waals surface area contributed by atoms with Gasteiger partial charge in [0.25, 0.3) is 0 Å². The lowest BCUT2D eigenvalue weighted by Crippen LogP contribution is -2.18. The first kappa shape index (κ1) is 10.3. The van der Waals surface area contributed by atoms with Crippen molar-refractivity contribution in [3.8, 4) is 0 Å². The average Bonchev–Trinajstić information content (AvgIpc) is 2.72. The van der Waals surface area contributed by atoms with Crippen LogP contribution in [0.5, 0.6) is 0 Å². The zero-order valence-corrected chi connectivity index (χ0v) is 10.1. The molecule has 88 valence electrons. The van der Waals surface area contributed by atoms with Crippen LogP contribution in [0.15, 0.2) is 12.3 Å². The molecule has 0 aromatic carbocycles. The average molecular weight is 249 g/mol. The van der Waals surface area contributed by atoms with Crippen LogP contribution < -0.4 is 10.6 Å². The molecule has 0 fully saturated rings. The quantitative estimate of drug-likeness (QED) is 0.799. The van der Waals surface area contributed by atoms with Crippen molar-refractivity contribution in [2.24, 2.45) is 0 Å². The van der Waals surface area contributed by atoms with E-state index in [-0.39, 0.29) is 5.97 Å². The van der Waals surface area contributed by atoms with Crippen molar-refractivity contribution in [1.29, 1.82) is 0 Å². The molecular weight excluding hydrogens is 238 g/mol. The zero-order valence-electron chi connectivity index (χ0n) is 9.24. The summed E-state index contributed by atoms with van der Waals surface area (Å²) < 4.78 is 5.05. The van der Waals surface area contributed by atoms with Crippen molar-refractivity contribution in [1.82, 2.24) is 4.98 Å². The number of anilines is 2. The molecule has 0 saturated heterocycles. The number of esters is 1. The summed E-state index contributed by atoms with van der Waals surface area (Å²) in [6.07, 6.45) is 1.74. The fourth-order valence-electron chi connectivity index (χ4n) is 1.91. The summed E-state index contributed by atoms with van der Waals surface area (Å²) in [7, 11) is 0. The number of carbonyl (C=O) groups excluding carboxylic acids is 1. The second-order valence-electron chi connectivity index (χ2n) is 3.60. The number of hydrogen-bond acceptors (Lipinski definition) is 6. The predicted molar refractivity (Wildman–Crippen MR) is 67.7 cm³/mol. The van der Waals surface area contributed by atoms with Crippen LogP contribution in [0.1, 0.15) is 16.6 Å². The number of pyridine rings is 1. The van der Waals surface area contributed by atoms with Crippen LogP contribution in [0.2, 0.25) is 0 Å². The zero-order chi connectivity index (χ0) is 11.8. The van der Waals surface area contributed by atoms with Crippen molar-refractivity contribution in [2.75, 3.05) is 23.9 Å². The number of rotatable bonds is 2. The van der Waals surface area contributed by atoms with Crippen molar-refractivity contribution >= 4 is 38.9 Å². The standard InChI is InChI=1S/C11H11N3O2S/c1-2-16-11(15)9-8-7-6(13-5-14-8)3-4-12-10(7)17-9/h3-4,13-14H,2,5H2,1H3. The molecule has 3 rings (SSSR count). The van der Waals surface area contributed by atoms with Crippen LogP contribution in [0.25, 0.3) is 10.2 Å². The summed E-state index contributed by atoms with van der Waals surface area (Å²) in [5.74, 6) is -0.286. The van der Waals surface area contributed by atoms with Gasteiger partial charge in [-0.15, -0.1) is 11.3 Å². The lowest BCUT2D eigenvalue weighted by Gasteiger charge is -2.17. The minimum absolute atomic E-state index is 0.286. The van der Waals surface area contributed by atoms with Gasteiger partial charge in [0.2, 0.25) is 0 Å². The van der Waals surface area contributed by atoms with Gasteiger partial charge in [-0.05, 0) is 13.0 Å². The fourth-order valence-corrected chi connectivity index (χ4v) is 2.95. The first-order valence-corrected chi connectivity index (χ1v) is 6.19. The molecule has 0 aliphatic carbocycles. The van der Waals surface area contributed by atoms with E-state index in [2.05, 4.69) is 15.6 Å². The third-order valence-electron chi connectivity index (χ3n) is 2.60. The van der Waals surface area contributed by atoms with Gasteiger partial charge in [-0.1, -0.05) is 0 Å². The normalized spacial score (nSPS) is 13.0. The Kier molecular flexibility index (Phi) is 2.36. The van der Waals surface area contributed by atoms with Crippen LogP contribution in [0.3, 0.4) is 0 Å². The molecule has 2 N–H and O–H groups in total. The molecule has 0 radical (unpaired) electrons. The van der Waals surface area contributed by atoms with E-state index in [4.69, 9.17) is 4.74 Å². The highest BCUT2D eigenvalue weighted by Gasteiger charge is 2.24. The van der Waals surface area contributed by atoms with Gasteiger partial charge < -0.3 is 15.4 Å². The van der Waals surface area contributed by atoms with Crippen LogP contribution in [0.4, 0.5) is 11.4 Å². The number of hydrogen-bond donors (Lipinski definition) is 2. The molecule has 1 aliphatic heterocycles. The van der Waals surface area contributed by atoms with Crippen LogP contribution in [-0.2, 0) is 4.74 Å². The molecule has 0 unspecified atom stereocenters. The molecule has 1 aliphatic rings. The maximum absolute atomic E-state index is 11.8. The van der Waals surface area contributed by atoms with Crippen molar-refractivity contribution < 1.29 is 9.53 Å². The summed E-state index contributed by atoms with van der Waals surface area (Å²) >= 11 is 1.36. The number of aromatic nitrogens is 1. The van der Waals surface area contributed by atoms with Gasteiger partial charge in [-0.3, -0.25) is 0 Å². The van der Waals surface area contributed by atoms with Gasteiger partial charge in [-0.2, -0.15) is 0 Å². The minimum atomic E-state index is -0.286. The van der Waals surface area contributed by atoms with E-state index in [1.807, 2.05) is 6.07 Å². The Morgan fingerprint density at radius 1 is 1.59 bits per heavy atom. The van der Waals surface area contributed by atoms with Crippen LogP contribution in [0, 0.1) is 0 Å². The molecule has 2 aromatic heterocycles. The molecule has 6 heteroatoms. The topological polar surface area (TPSA) is 63.2 Å². The summed E-state index contributed by atoms with van der Waals surface area (Å²) in [5, 5.41) is 7.37. The summed E-state index contributed by atoms with van der Waals surface area (Å²) in [5.41, 5.74) is 1.85. The number of carbonyl (C=O) groups is 1. The second-order valence-corrected chi connectivity index (χ2v) is 4.59. The van der Waals surface area contributed by atoms with E-state index < -0.39 is 0 Å². The molecular formula is C11H11N3O2S. The Hall–Kier alpha value is -1.82. The SMILES string of the molecule is CCOC(=O)c1sc2nccc3c2c1NCN3. The second kappa shape index (κ2) is 3.89.